The van der Waals surface area contributed by atoms with Gasteiger partial charge in [0.05, 0.1) is 5.69 Å². The minimum absolute atomic E-state index is 0.813. The predicted molar refractivity (Wildman–Crippen MR) is 67.6 cm³/mol. The van der Waals surface area contributed by atoms with Crippen LogP contribution in [0.4, 0.5) is 0 Å². The topological polar surface area (TPSA) is 48.0 Å². The molecule has 0 fully saturated rings. The molecule has 6 heteroatoms. The zero-order valence-corrected chi connectivity index (χ0v) is 11.0. The van der Waals surface area contributed by atoms with Crippen molar-refractivity contribution in [2.24, 2.45) is 7.05 Å². The first-order valence-corrected chi connectivity index (χ1v) is 5.95. The number of aromatic nitrogens is 5. The molecule has 0 unspecified atom stereocenters. The number of halogens is 1. The van der Waals surface area contributed by atoms with Crippen molar-refractivity contribution in [1.29, 1.82) is 0 Å². The van der Waals surface area contributed by atoms with Gasteiger partial charge in [-0.05, 0) is 35.0 Å². The van der Waals surface area contributed by atoms with Crippen molar-refractivity contribution in [3.05, 3.63) is 34.8 Å². The van der Waals surface area contributed by atoms with Crippen LogP contribution in [0.1, 0.15) is 5.69 Å². The molecule has 3 aromatic rings. The van der Waals surface area contributed by atoms with E-state index < -0.39 is 0 Å². The van der Waals surface area contributed by atoms with Gasteiger partial charge in [0.25, 0.3) is 0 Å². The van der Waals surface area contributed by atoms with Crippen LogP contribution in [0.2, 0.25) is 0 Å². The molecule has 0 aliphatic heterocycles. The Morgan fingerprint density at radius 2 is 2.18 bits per heavy atom. The predicted octanol–water partition coefficient (Wildman–Crippen LogP) is 2.20. The van der Waals surface area contributed by atoms with Gasteiger partial charge in [-0.1, -0.05) is 0 Å². The lowest BCUT2D eigenvalue weighted by Gasteiger charge is -1.98. The molecule has 0 bridgehead atoms. The third-order valence-corrected chi connectivity index (χ3v) is 3.58. The normalized spacial score (nSPS) is 11.2. The van der Waals surface area contributed by atoms with E-state index >= 15 is 0 Å². The van der Waals surface area contributed by atoms with Crippen molar-refractivity contribution < 1.29 is 0 Å². The highest BCUT2D eigenvalue weighted by molar-refractivity contribution is 9.10. The highest BCUT2D eigenvalue weighted by Gasteiger charge is 2.15. The monoisotopic (exact) mass is 291 g/mol. The second-order valence-electron chi connectivity index (χ2n) is 3.82. The Balaban J connectivity index is 2.29. The van der Waals surface area contributed by atoms with E-state index in [2.05, 4.69) is 31.0 Å². The lowest BCUT2D eigenvalue weighted by molar-refractivity contribution is 0.935. The van der Waals surface area contributed by atoms with E-state index in [1.165, 1.54) is 0 Å². The largest absolute Gasteiger partial charge is 0.296 e. The van der Waals surface area contributed by atoms with E-state index in [0.29, 0.717) is 0 Å². The fourth-order valence-corrected chi connectivity index (χ4v) is 2.12. The van der Waals surface area contributed by atoms with Crippen LogP contribution in [-0.4, -0.2) is 24.1 Å². The van der Waals surface area contributed by atoms with Crippen LogP contribution in [0, 0.1) is 6.92 Å². The third kappa shape index (κ3) is 1.48. The molecule has 0 saturated heterocycles. The second-order valence-corrected chi connectivity index (χ2v) is 4.58. The summed E-state index contributed by atoms with van der Waals surface area (Å²) in [5.74, 6) is 1.66. The standard InChI is InChI=1S/C11H10BrN5/c1-7-9(12)17-11(14-7)16(2)10(15-17)8-4-3-5-13-6-8/h3-6H,1-2H3. The highest BCUT2D eigenvalue weighted by Crippen LogP contribution is 2.22. The van der Waals surface area contributed by atoms with Gasteiger partial charge in [0.2, 0.25) is 5.78 Å². The van der Waals surface area contributed by atoms with Gasteiger partial charge in [-0.3, -0.25) is 9.55 Å². The number of hydrogen-bond acceptors (Lipinski definition) is 3. The molecule has 0 saturated carbocycles. The highest BCUT2D eigenvalue weighted by atomic mass is 79.9. The zero-order chi connectivity index (χ0) is 12.0. The lowest BCUT2D eigenvalue weighted by atomic mass is 10.3. The number of rotatable bonds is 1. The van der Waals surface area contributed by atoms with E-state index in [1.807, 2.05) is 30.7 Å². The Morgan fingerprint density at radius 3 is 2.82 bits per heavy atom. The summed E-state index contributed by atoms with van der Waals surface area (Å²) in [7, 11) is 1.95. The first kappa shape index (κ1) is 10.5. The van der Waals surface area contributed by atoms with Crippen molar-refractivity contribution in [2.75, 3.05) is 0 Å². The first-order valence-electron chi connectivity index (χ1n) is 5.16. The molecule has 86 valence electrons. The smallest absolute Gasteiger partial charge is 0.233 e. The van der Waals surface area contributed by atoms with E-state index in [1.54, 1.807) is 16.9 Å². The van der Waals surface area contributed by atoms with Gasteiger partial charge < -0.3 is 0 Å². The summed E-state index contributed by atoms with van der Waals surface area (Å²) in [6.45, 7) is 1.95. The summed E-state index contributed by atoms with van der Waals surface area (Å²) in [5, 5.41) is 4.53. The molecular formula is C11H10BrN5. The summed E-state index contributed by atoms with van der Waals surface area (Å²) in [5.41, 5.74) is 1.91. The van der Waals surface area contributed by atoms with Gasteiger partial charge in [-0.15, -0.1) is 5.10 Å². The van der Waals surface area contributed by atoms with Crippen molar-refractivity contribution in [1.82, 2.24) is 24.1 Å². The Bertz CT molecular complexity index is 683. The molecule has 0 spiro atoms. The summed E-state index contributed by atoms with van der Waals surface area (Å²) < 4.78 is 4.63. The molecule has 5 nitrogen and oxygen atoms in total. The maximum absolute atomic E-state index is 4.53. The Labute approximate surface area is 106 Å². The number of pyridine rings is 1. The summed E-state index contributed by atoms with van der Waals surface area (Å²) in [6.07, 6.45) is 3.54. The second kappa shape index (κ2) is 3.66. The van der Waals surface area contributed by atoms with Crippen LogP contribution >= 0.6 is 15.9 Å². The van der Waals surface area contributed by atoms with E-state index in [-0.39, 0.29) is 0 Å². The maximum Gasteiger partial charge on any atom is 0.233 e. The van der Waals surface area contributed by atoms with Crippen LogP contribution in [0.25, 0.3) is 17.2 Å². The Morgan fingerprint density at radius 1 is 1.35 bits per heavy atom. The quantitative estimate of drug-likeness (QED) is 0.691. The molecule has 0 aliphatic carbocycles. The molecule has 3 aromatic heterocycles. The van der Waals surface area contributed by atoms with Crippen LogP contribution in [0.5, 0.6) is 0 Å². The molecular weight excluding hydrogens is 282 g/mol. The fraction of sp³-hybridized carbons (Fsp3) is 0.182. The average molecular weight is 292 g/mol. The molecule has 0 N–H and O–H groups in total. The summed E-state index contributed by atoms with van der Waals surface area (Å²) in [6, 6.07) is 3.88. The van der Waals surface area contributed by atoms with E-state index in [0.717, 1.165) is 27.5 Å². The van der Waals surface area contributed by atoms with Crippen LogP contribution in [-0.2, 0) is 7.05 Å². The van der Waals surface area contributed by atoms with Crippen molar-refractivity contribution in [3.8, 4) is 11.4 Å². The van der Waals surface area contributed by atoms with Gasteiger partial charge in [0.15, 0.2) is 5.82 Å². The molecule has 17 heavy (non-hydrogen) atoms. The molecule has 3 rings (SSSR count). The van der Waals surface area contributed by atoms with E-state index in [9.17, 15) is 0 Å². The third-order valence-electron chi connectivity index (χ3n) is 2.67. The zero-order valence-electron chi connectivity index (χ0n) is 9.42. The van der Waals surface area contributed by atoms with Gasteiger partial charge >= 0.3 is 0 Å². The van der Waals surface area contributed by atoms with Crippen LogP contribution in [0.15, 0.2) is 29.1 Å². The number of nitrogens with zero attached hydrogens (tertiary/aromatic N) is 5. The van der Waals surface area contributed by atoms with Crippen molar-refractivity contribution in [3.63, 3.8) is 0 Å². The molecule has 0 amide bonds. The molecule has 0 aromatic carbocycles. The number of aryl methyl sites for hydroxylation is 2. The minimum Gasteiger partial charge on any atom is -0.296 e. The number of hydrogen-bond donors (Lipinski definition) is 0. The van der Waals surface area contributed by atoms with Crippen molar-refractivity contribution >= 4 is 21.7 Å². The van der Waals surface area contributed by atoms with Gasteiger partial charge in [0.1, 0.15) is 4.60 Å². The Hall–Kier alpha value is -1.69. The summed E-state index contributed by atoms with van der Waals surface area (Å²) in [4.78, 5) is 8.56. The van der Waals surface area contributed by atoms with Crippen LogP contribution < -0.4 is 0 Å². The van der Waals surface area contributed by atoms with Crippen molar-refractivity contribution in [2.45, 2.75) is 6.92 Å². The molecule has 0 atom stereocenters. The average Bonchev–Trinajstić information content (AvgIpc) is 2.81. The minimum atomic E-state index is 0.813. The Kier molecular flexibility index (Phi) is 2.25. The van der Waals surface area contributed by atoms with Gasteiger partial charge in [-0.25, -0.2) is 4.98 Å². The molecule has 0 radical (unpaired) electrons. The molecule has 3 heterocycles. The summed E-state index contributed by atoms with van der Waals surface area (Å²) >= 11 is 3.48. The fourth-order valence-electron chi connectivity index (χ4n) is 1.79. The molecule has 0 aliphatic rings. The van der Waals surface area contributed by atoms with E-state index in [4.69, 9.17) is 0 Å². The number of fused-ring (bicyclic) bond motifs is 1. The SMILES string of the molecule is Cc1nc2n(C)c(-c3cccnc3)nn2c1Br. The number of imidazole rings is 1. The maximum atomic E-state index is 4.53. The first-order chi connectivity index (χ1) is 8.18. The lowest BCUT2D eigenvalue weighted by Crippen LogP contribution is -1.94. The van der Waals surface area contributed by atoms with Gasteiger partial charge in [-0.2, -0.15) is 4.52 Å². The van der Waals surface area contributed by atoms with Crippen LogP contribution in [0.3, 0.4) is 0 Å². The van der Waals surface area contributed by atoms with Gasteiger partial charge in [0, 0.05) is 25.0 Å².